The molecule has 2 rings (SSSR count). The molecule has 1 heterocycles. The monoisotopic (exact) mass is 309 g/mol. The molecule has 2 aliphatic rings. The summed E-state index contributed by atoms with van der Waals surface area (Å²) in [7, 11) is 5.19. The summed E-state index contributed by atoms with van der Waals surface area (Å²) in [4.78, 5) is 42.7. The van der Waals surface area contributed by atoms with Gasteiger partial charge in [0, 0.05) is 19.6 Å². The number of nitrogens with zero attached hydrogens (tertiary/aromatic N) is 3. The van der Waals surface area contributed by atoms with Crippen molar-refractivity contribution in [3.63, 3.8) is 0 Å². The molecule has 6 nitrogen and oxygen atoms in total. The van der Waals surface area contributed by atoms with Crippen LogP contribution < -0.4 is 0 Å². The maximum absolute atomic E-state index is 13.1. The number of carbonyl (C=O) groups excluding carboxylic acids is 3. The van der Waals surface area contributed by atoms with Crippen LogP contribution in [0.3, 0.4) is 0 Å². The molecule has 6 heteroatoms. The average molecular weight is 309 g/mol. The quantitative estimate of drug-likeness (QED) is 0.742. The lowest BCUT2D eigenvalue weighted by molar-refractivity contribution is -0.161. The Morgan fingerprint density at radius 2 is 1.68 bits per heavy atom. The SMILES string of the molecule is CC[C@@]1(CN(C)C)C(=O)N(C)C(=O)N(C2CCCCC2)C1=O. The Balaban J connectivity index is 2.39. The number of imide groups is 2. The minimum atomic E-state index is -1.14. The van der Waals surface area contributed by atoms with Crippen molar-refractivity contribution in [1.82, 2.24) is 14.7 Å². The third-order valence-electron chi connectivity index (χ3n) is 4.96. The van der Waals surface area contributed by atoms with E-state index in [0.29, 0.717) is 13.0 Å². The van der Waals surface area contributed by atoms with Gasteiger partial charge < -0.3 is 4.90 Å². The van der Waals surface area contributed by atoms with Crippen LogP contribution in [0.15, 0.2) is 0 Å². The minimum Gasteiger partial charge on any atom is -0.308 e. The van der Waals surface area contributed by atoms with Crippen molar-refractivity contribution in [2.24, 2.45) is 5.41 Å². The van der Waals surface area contributed by atoms with Crippen molar-refractivity contribution < 1.29 is 14.4 Å². The summed E-state index contributed by atoms with van der Waals surface area (Å²) in [6.07, 6.45) is 5.32. The highest BCUT2D eigenvalue weighted by atomic mass is 16.2. The Labute approximate surface area is 132 Å². The van der Waals surface area contributed by atoms with Crippen LogP contribution in [0.4, 0.5) is 4.79 Å². The van der Waals surface area contributed by atoms with E-state index in [0.717, 1.165) is 37.0 Å². The van der Waals surface area contributed by atoms with Crippen molar-refractivity contribution >= 4 is 17.8 Å². The van der Waals surface area contributed by atoms with Crippen LogP contribution in [0.1, 0.15) is 45.4 Å². The molecule has 1 atom stereocenters. The molecule has 0 bridgehead atoms. The lowest BCUT2D eigenvalue weighted by atomic mass is 9.78. The van der Waals surface area contributed by atoms with E-state index in [2.05, 4.69) is 0 Å². The van der Waals surface area contributed by atoms with Gasteiger partial charge in [-0.25, -0.2) is 4.79 Å². The molecule has 0 spiro atoms. The van der Waals surface area contributed by atoms with E-state index >= 15 is 0 Å². The van der Waals surface area contributed by atoms with Crippen molar-refractivity contribution in [2.75, 3.05) is 27.7 Å². The van der Waals surface area contributed by atoms with E-state index in [-0.39, 0.29) is 17.9 Å². The van der Waals surface area contributed by atoms with Gasteiger partial charge in [-0.15, -0.1) is 0 Å². The number of rotatable bonds is 4. The van der Waals surface area contributed by atoms with E-state index in [1.807, 2.05) is 25.9 Å². The Hall–Kier alpha value is -1.43. The maximum Gasteiger partial charge on any atom is 0.333 e. The molecule has 0 radical (unpaired) electrons. The molecule has 0 N–H and O–H groups in total. The molecule has 124 valence electrons. The molecule has 0 aromatic rings. The molecule has 0 unspecified atom stereocenters. The highest BCUT2D eigenvalue weighted by Gasteiger charge is 2.56. The van der Waals surface area contributed by atoms with Crippen LogP contribution in [0.5, 0.6) is 0 Å². The first-order chi connectivity index (χ1) is 10.3. The maximum atomic E-state index is 13.1. The topological polar surface area (TPSA) is 60.9 Å². The second-order valence-electron chi connectivity index (χ2n) is 6.79. The zero-order valence-corrected chi connectivity index (χ0v) is 14.1. The van der Waals surface area contributed by atoms with Gasteiger partial charge in [0.05, 0.1) is 0 Å². The fourth-order valence-corrected chi connectivity index (χ4v) is 3.73. The molecule has 22 heavy (non-hydrogen) atoms. The molecule has 0 aromatic carbocycles. The first-order valence-electron chi connectivity index (χ1n) is 8.15. The van der Waals surface area contributed by atoms with Crippen LogP contribution in [-0.2, 0) is 9.59 Å². The van der Waals surface area contributed by atoms with Gasteiger partial charge in [0.15, 0.2) is 0 Å². The number of urea groups is 1. The standard InChI is InChI=1S/C16H27N3O3/c1-5-16(11-17(2)3)13(20)18(4)15(22)19(14(16)21)12-9-7-6-8-10-12/h12H,5-11H2,1-4H3/t16-/m1/s1. The lowest BCUT2D eigenvalue weighted by Crippen LogP contribution is -2.68. The van der Waals surface area contributed by atoms with E-state index in [1.165, 1.54) is 11.9 Å². The zero-order valence-electron chi connectivity index (χ0n) is 14.1. The molecule has 1 saturated heterocycles. The Bertz CT molecular complexity index is 471. The second-order valence-corrected chi connectivity index (χ2v) is 6.79. The Kier molecular flexibility index (Phi) is 4.90. The van der Waals surface area contributed by atoms with Crippen LogP contribution >= 0.6 is 0 Å². The highest BCUT2D eigenvalue weighted by molar-refractivity contribution is 6.19. The molecule has 1 saturated carbocycles. The highest BCUT2D eigenvalue weighted by Crippen LogP contribution is 2.36. The molecule has 1 aliphatic carbocycles. The van der Waals surface area contributed by atoms with E-state index in [1.54, 1.807) is 0 Å². The number of hydrogen-bond donors (Lipinski definition) is 0. The van der Waals surface area contributed by atoms with Crippen molar-refractivity contribution in [2.45, 2.75) is 51.5 Å². The van der Waals surface area contributed by atoms with Gasteiger partial charge in [-0.3, -0.25) is 19.4 Å². The lowest BCUT2D eigenvalue weighted by Gasteiger charge is -2.46. The summed E-state index contributed by atoms with van der Waals surface area (Å²) in [6, 6.07) is -0.512. The van der Waals surface area contributed by atoms with E-state index < -0.39 is 11.4 Å². The van der Waals surface area contributed by atoms with Crippen molar-refractivity contribution in [1.29, 1.82) is 0 Å². The van der Waals surface area contributed by atoms with Crippen LogP contribution in [0.2, 0.25) is 0 Å². The number of carbonyl (C=O) groups is 3. The third kappa shape index (κ3) is 2.64. The van der Waals surface area contributed by atoms with Gasteiger partial charge in [0.1, 0.15) is 5.41 Å². The first-order valence-corrected chi connectivity index (χ1v) is 8.15. The molecule has 4 amide bonds. The van der Waals surface area contributed by atoms with E-state index in [4.69, 9.17) is 0 Å². The van der Waals surface area contributed by atoms with Crippen molar-refractivity contribution in [3.05, 3.63) is 0 Å². The first kappa shape index (κ1) is 16.9. The van der Waals surface area contributed by atoms with E-state index in [9.17, 15) is 14.4 Å². The summed E-state index contributed by atoms with van der Waals surface area (Å²) in [5.41, 5.74) is -1.14. The fourth-order valence-electron chi connectivity index (χ4n) is 3.73. The van der Waals surface area contributed by atoms with Gasteiger partial charge in [-0.2, -0.15) is 0 Å². The van der Waals surface area contributed by atoms with Gasteiger partial charge in [0.25, 0.3) is 0 Å². The summed E-state index contributed by atoms with van der Waals surface area (Å²) in [5, 5.41) is 0. The van der Waals surface area contributed by atoms with Crippen LogP contribution in [0.25, 0.3) is 0 Å². The summed E-state index contributed by atoms with van der Waals surface area (Å²) < 4.78 is 0. The number of hydrogen-bond acceptors (Lipinski definition) is 4. The summed E-state index contributed by atoms with van der Waals surface area (Å²) in [5.74, 6) is -0.672. The Morgan fingerprint density at radius 3 is 2.18 bits per heavy atom. The molecular formula is C16H27N3O3. The smallest absolute Gasteiger partial charge is 0.308 e. The predicted molar refractivity (Wildman–Crippen MR) is 83.2 cm³/mol. The largest absolute Gasteiger partial charge is 0.333 e. The summed E-state index contributed by atoms with van der Waals surface area (Å²) in [6.45, 7) is 2.18. The minimum absolute atomic E-state index is 0.0580. The second kappa shape index (κ2) is 6.36. The molecule has 2 fully saturated rings. The normalized spacial score (nSPS) is 28.0. The predicted octanol–water partition coefficient (Wildman–Crippen LogP) is 1.70. The molecular weight excluding hydrogens is 282 g/mol. The van der Waals surface area contributed by atoms with Gasteiger partial charge >= 0.3 is 6.03 Å². The van der Waals surface area contributed by atoms with Crippen LogP contribution in [-0.4, -0.2) is 66.3 Å². The number of barbiturate groups is 1. The average Bonchev–Trinajstić information content (AvgIpc) is 2.50. The van der Waals surface area contributed by atoms with Gasteiger partial charge in [-0.1, -0.05) is 26.2 Å². The fraction of sp³-hybridized carbons (Fsp3) is 0.812. The number of amides is 4. The third-order valence-corrected chi connectivity index (χ3v) is 4.96. The zero-order chi connectivity index (χ0) is 16.5. The van der Waals surface area contributed by atoms with Gasteiger partial charge in [0.2, 0.25) is 11.8 Å². The Morgan fingerprint density at radius 1 is 1.09 bits per heavy atom. The summed E-state index contributed by atoms with van der Waals surface area (Å²) >= 11 is 0. The van der Waals surface area contributed by atoms with Crippen molar-refractivity contribution in [3.8, 4) is 0 Å². The molecule has 0 aromatic heterocycles. The van der Waals surface area contributed by atoms with Gasteiger partial charge in [-0.05, 0) is 33.4 Å². The van der Waals surface area contributed by atoms with Crippen LogP contribution in [0, 0.1) is 5.41 Å². The molecule has 1 aliphatic heterocycles.